The normalized spacial score (nSPS) is 11.0. The number of rotatable bonds is 9. The van der Waals surface area contributed by atoms with Crippen molar-refractivity contribution >= 4 is 28.7 Å². The van der Waals surface area contributed by atoms with Crippen molar-refractivity contribution in [3.63, 3.8) is 0 Å². The number of esters is 1. The summed E-state index contributed by atoms with van der Waals surface area (Å²) in [6.45, 7) is 1.87. The predicted molar refractivity (Wildman–Crippen MR) is 111 cm³/mol. The van der Waals surface area contributed by atoms with E-state index in [0.717, 1.165) is 24.3 Å². The average Bonchev–Trinajstić information content (AvgIpc) is 3.14. The molecule has 0 aliphatic heterocycles. The number of hydrogen-bond donors (Lipinski definition) is 1. The summed E-state index contributed by atoms with van der Waals surface area (Å²) < 4.78 is 50.7. The first-order chi connectivity index (χ1) is 14.9. The molecule has 0 aliphatic carbocycles. The summed E-state index contributed by atoms with van der Waals surface area (Å²) in [7, 11) is 0. The van der Waals surface area contributed by atoms with E-state index in [1.165, 1.54) is 29.7 Å². The Morgan fingerprint density at radius 2 is 1.94 bits per heavy atom. The minimum Gasteiger partial charge on any atom is -0.488 e. The Kier molecular flexibility index (Phi) is 7.60. The Bertz CT molecular complexity index is 1070. The second kappa shape index (κ2) is 10.6. The molecule has 0 bridgehead atoms. The Balaban J connectivity index is 1.64. The van der Waals surface area contributed by atoms with Crippen LogP contribution in [0.3, 0.4) is 0 Å². The zero-order valence-corrected chi connectivity index (χ0v) is 17.2. The smallest absolute Gasteiger partial charge is 0.311 e. The molecular weight excluding hydrogens is 431 g/mol. The Hall–Kier alpha value is -3.40. The molecule has 0 fully saturated rings. The Labute approximate surface area is 180 Å². The summed E-state index contributed by atoms with van der Waals surface area (Å²) >= 11 is 1.26. The summed E-state index contributed by atoms with van der Waals surface area (Å²) in [5.41, 5.74) is 3.98. The topological polar surface area (TPSA) is 72.8 Å². The van der Waals surface area contributed by atoms with Crippen LogP contribution in [-0.2, 0) is 22.6 Å². The molecule has 0 radical (unpaired) electrons. The summed E-state index contributed by atoms with van der Waals surface area (Å²) in [4.78, 5) is 15.7. The van der Waals surface area contributed by atoms with Gasteiger partial charge in [-0.25, -0.2) is 18.2 Å². The van der Waals surface area contributed by atoms with Crippen LogP contribution in [0.15, 0.2) is 46.9 Å². The molecule has 0 unspecified atom stereocenters. The maximum absolute atomic E-state index is 13.6. The van der Waals surface area contributed by atoms with Crippen molar-refractivity contribution in [2.24, 2.45) is 5.10 Å². The first kappa shape index (κ1) is 22.3. The molecule has 0 spiro atoms. The molecule has 2 aromatic carbocycles. The van der Waals surface area contributed by atoms with Gasteiger partial charge in [-0.05, 0) is 36.8 Å². The number of benzene rings is 2. The number of anilines is 1. The van der Waals surface area contributed by atoms with E-state index >= 15 is 0 Å². The van der Waals surface area contributed by atoms with Crippen molar-refractivity contribution in [1.82, 2.24) is 4.98 Å². The highest BCUT2D eigenvalue weighted by Crippen LogP contribution is 2.21. The lowest BCUT2D eigenvalue weighted by Crippen LogP contribution is -2.07. The van der Waals surface area contributed by atoms with Gasteiger partial charge in [0.2, 0.25) is 5.13 Å². The zero-order valence-electron chi connectivity index (χ0n) is 16.4. The summed E-state index contributed by atoms with van der Waals surface area (Å²) in [6, 6.07) is 6.86. The van der Waals surface area contributed by atoms with Crippen molar-refractivity contribution in [1.29, 1.82) is 0 Å². The summed E-state index contributed by atoms with van der Waals surface area (Å²) in [5.74, 6) is -2.20. The molecule has 6 nitrogen and oxygen atoms in total. The fraction of sp³-hybridized carbons (Fsp3) is 0.190. The molecule has 1 heterocycles. The van der Waals surface area contributed by atoms with E-state index < -0.39 is 17.5 Å². The first-order valence-electron chi connectivity index (χ1n) is 9.19. The van der Waals surface area contributed by atoms with Gasteiger partial charge in [-0.2, -0.15) is 5.10 Å². The predicted octanol–water partition coefficient (Wildman–Crippen LogP) is 4.69. The fourth-order valence-electron chi connectivity index (χ4n) is 2.55. The fourth-order valence-corrected chi connectivity index (χ4v) is 3.21. The minimum atomic E-state index is -0.727. The van der Waals surface area contributed by atoms with Gasteiger partial charge in [0.1, 0.15) is 29.8 Å². The number of thiazole rings is 1. The molecule has 1 N–H and O–H groups in total. The van der Waals surface area contributed by atoms with Crippen LogP contribution in [0.5, 0.6) is 5.75 Å². The van der Waals surface area contributed by atoms with Gasteiger partial charge in [0.15, 0.2) is 0 Å². The van der Waals surface area contributed by atoms with Gasteiger partial charge < -0.3 is 9.47 Å². The molecule has 0 amide bonds. The molecule has 31 heavy (non-hydrogen) atoms. The van der Waals surface area contributed by atoms with Gasteiger partial charge in [-0.15, -0.1) is 11.3 Å². The maximum Gasteiger partial charge on any atom is 0.311 e. The van der Waals surface area contributed by atoms with Crippen LogP contribution in [0.4, 0.5) is 18.3 Å². The second-order valence-electron chi connectivity index (χ2n) is 6.24. The number of nitrogens with one attached hydrogen (secondary N) is 1. The van der Waals surface area contributed by atoms with Crippen LogP contribution >= 0.6 is 11.3 Å². The van der Waals surface area contributed by atoms with E-state index in [-0.39, 0.29) is 30.3 Å². The van der Waals surface area contributed by atoms with Crippen molar-refractivity contribution in [2.75, 3.05) is 12.0 Å². The van der Waals surface area contributed by atoms with Crippen molar-refractivity contribution in [3.05, 3.63) is 76.1 Å². The molecule has 0 saturated carbocycles. The number of aromatic nitrogens is 1. The summed E-state index contributed by atoms with van der Waals surface area (Å²) in [6.07, 6.45) is 1.46. The second-order valence-corrected chi connectivity index (χ2v) is 7.10. The quantitative estimate of drug-likeness (QED) is 0.292. The monoisotopic (exact) mass is 449 g/mol. The lowest BCUT2D eigenvalue weighted by atomic mass is 10.2. The molecule has 3 rings (SSSR count). The highest BCUT2D eigenvalue weighted by Gasteiger charge is 2.09. The molecular formula is C21H18F3N3O3S. The van der Waals surface area contributed by atoms with E-state index in [4.69, 9.17) is 9.47 Å². The lowest BCUT2D eigenvalue weighted by Gasteiger charge is -2.09. The number of carbonyl (C=O) groups excluding carboxylic acids is 1. The van der Waals surface area contributed by atoms with Crippen molar-refractivity contribution in [3.8, 4) is 5.75 Å². The van der Waals surface area contributed by atoms with Gasteiger partial charge in [0, 0.05) is 23.1 Å². The Morgan fingerprint density at radius 3 is 2.68 bits per heavy atom. The van der Waals surface area contributed by atoms with Crippen molar-refractivity contribution in [2.45, 2.75) is 20.0 Å². The zero-order chi connectivity index (χ0) is 22.2. The third-order valence-electron chi connectivity index (χ3n) is 3.84. The molecule has 162 valence electrons. The largest absolute Gasteiger partial charge is 0.488 e. The molecule has 0 saturated heterocycles. The Morgan fingerprint density at radius 1 is 1.16 bits per heavy atom. The van der Waals surface area contributed by atoms with Crippen molar-refractivity contribution < 1.29 is 27.4 Å². The van der Waals surface area contributed by atoms with Gasteiger partial charge in [-0.3, -0.25) is 10.2 Å². The standard InChI is InChI=1S/C21H18F3N3O3S/c1-2-29-20(28)9-18-12-31-21(26-18)27-25-10-14-3-4-15(22)8-19(14)30-11-13-5-16(23)7-17(24)6-13/h3-8,10,12H,2,9,11H2,1H3,(H,26,27). The van der Waals surface area contributed by atoms with E-state index in [1.54, 1.807) is 12.3 Å². The number of carbonyl (C=O) groups is 1. The average molecular weight is 449 g/mol. The van der Waals surface area contributed by atoms with E-state index in [9.17, 15) is 18.0 Å². The van der Waals surface area contributed by atoms with Gasteiger partial charge >= 0.3 is 5.97 Å². The van der Waals surface area contributed by atoms with Gasteiger partial charge in [-0.1, -0.05) is 0 Å². The van der Waals surface area contributed by atoms with E-state index in [2.05, 4.69) is 15.5 Å². The minimum absolute atomic E-state index is 0.0619. The summed E-state index contributed by atoms with van der Waals surface area (Å²) in [5, 5.41) is 6.21. The van der Waals surface area contributed by atoms with Gasteiger partial charge in [0.25, 0.3) is 0 Å². The van der Waals surface area contributed by atoms with Crippen LogP contribution in [-0.4, -0.2) is 23.8 Å². The first-order valence-corrected chi connectivity index (χ1v) is 10.1. The van der Waals surface area contributed by atoms with Crippen LogP contribution in [0.1, 0.15) is 23.7 Å². The van der Waals surface area contributed by atoms with E-state index in [1.807, 2.05) is 0 Å². The molecule has 0 aliphatic rings. The van der Waals surface area contributed by atoms with Crippen LogP contribution in [0.25, 0.3) is 0 Å². The number of nitrogens with zero attached hydrogens (tertiary/aromatic N) is 2. The SMILES string of the molecule is CCOC(=O)Cc1csc(NN=Cc2ccc(F)cc2OCc2cc(F)cc(F)c2)n1. The van der Waals surface area contributed by atoms with E-state index in [0.29, 0.717) is 23.0 Å². The molecule has 3 aromatic rings. The molecule has 0 atom stereocenters. The maximum atomic E-state index is 13.6. The number of hydrogen-bond acceptors (Lipinski definition) is 7. The molecule has 1 aromatic heterocycles. The number of hydrazone groups is 1. The van der Waals surface area contributed by atoms with Crippen LogP contribution < -0.4 is 10.2 Å². The van der Waals surface area contributed by atoms with Gasteiger partial charge in [0.05, 0.1) is 24.9 Å². The lowest BCUT2D eigenvalue weighted by molar-refractivity contribution is -0.142. The number of ether oxygens (including phenoxy) is 2. The number of halogens is 3. The highest BCUT2D eigenvalue weighted by atomic mass is 32.1. The highest BCUT2D eigenvalue weighted by molar-refractivity contribution is 7.13. The van der Waals surface area contributed by atoms with Crippen LogP contribution in [0.2, 0.25) is 0 Å². The third kappa shape index (κ3) is 6.82. The van der Waals surface area contributed by atoms with Crippen LogP contribution in [0, 0.1) is 17.5 Å². The molecule has 10 heteroatoms. The third-order valence-corrected chi connectivity index (χ3v) is 4.63.